The van der Waals surface area contributed by atoms with Crippen LogP contribution in [-0.4, -0.2) is 46.1 Å². The zero-order chi connectivity index (χ0) is 22.3. The van der Waals surface area contributed by atoms with Gasteiger partial charge in [0.15, 0.2) is 5.82 Å². The Labute approximate surface area is 186 Å². The fourth-order valence-corrected chi connectivity index (χ4v) is 3.87. The summed E-state index contributed by atoms with van der Waals surface area (Å²) in [7, 11) is 0. The SMILES string of the molecule is N#Cc1cnn(-c2ccccc2)c1NC(=O)CN1CCCC(C(=O)Nc2ccccc2)C1. The summed E-state index contributed by atoms with van der Waals surface area (Å²) in [6.45, 7) is 1.39. The maximum Gasteiger partial charge on any atom is 0.239 e. The molecule has 1 unspecified atom stereocenters. The molecule has 32 heavy (non-hydrogen) atoms. The molecular formula is C24H24N6O2. The van der Waals surface area contributed by atoms with Gasteiger partial charge in [-0.25, -0.2) is 4.68 Å². The van der Waals surface area contributed by atoms with Crippen LogP contribution in [0.15, 0.2) is 66.9 Å². The molecule has 3 aromatic rings. The normalized spacial score (nSPS) is 16.2. The molecule has 0 saturated carbocycles. The highest BCUT2D eigenvalue weighted by molar-refractivity contribution is 5.94. The molecule has 1 aliphatic heterocycles. The maximum atomic E-state index is 12.8. The summed E-state index contributed by atoms with van der Waals surface area (Å²) in [5, 5.41) is 19.5. The lowest BCUT2D eigenvalue weighted by atomic mass is 9.97. The van der Waals surface area contributed by atoms with Crippen LogP contribution in [0.5, 0.6) is 0 Å². The van der Waals surface area contributed by atoms with Gasteiger partial charge in [0, 0.05) is 12.2 Å². The van der Waals surface area contributed by atoms with Crippen LogP contribution in [0, 0.1) is 17.2 Å². The Bertz CT molecular complexity index is 1120. The van der Waals surface area contributed by atoms with Crippen molar-refractivity contribution in [1.82, 2.24) is 14.7 Å². The van der Waals surface area contributed by atoms with E-state index in [1.54, 1.807) is 4.68 Å². The number of carbonyl (C=O) groups excluding carboxylic acids is 2. The Hall–Kier alpha value is -3.96. The second-order valence-electron chi connectivity index (χ2n) is 7.74. The molecule has 8 heteroatoms. The summed E-state index contributed by atoms with van der Waals surface area (Å²) in [6.07, 6.45) is 3.06. The summed E-state index contributed by atoms with van der Waals surface area (Å²) in [5.74, 6) is -0.112. The molecule has 8 nitrogen and oxygen atoms in total. The minimum absolute atomic E-state index is 0.0322. The Morgan fingerprint density at radius 2 is 1.78 bits per heavy atom. The van der Waals surface area contributed by atoms with Crippen molar-refractivity contribution in [2.45, 2.75) is 12.8 Å². The fraction of sp³-hybridized carbons (Fsp3) is 0.250. The van der Waals surface area contributed by atoms with Gasteiger partial charge in [0.1, 0.15) is 11.6 Å². The number of benzene rings is 2. The third-order valence-corrected chi connectivity index (χ3v) is 5.43. The van der Waals surface area contributed by atoms with E-state index in [-0.39, 0.29) is 24.3 Å². The van der Waals surface area contributed by atoms with Crippen LogP contribution in [0.3, 0.4) is 0 Å². The molecule has 0 radical (unpaired) electrons. The first-order valence-electron chi connectivity index (χ1n) is 10.6. The zero-order valence-electron chi connectivity index (χ0n) is 17.6. The number of amides is 2. The van der Waals surface area contributed by atoms with Crippen molar-refractivity contribution >= 4 is 23.3 Å². The first kappa shape index (κ1) is 21.3. The van der Waals surface area contributed by atoms with Gasteiger partial charge in [-0.2, -0.15) is 10.4 Å². The fourth-order valence-electron chi connectivity index (χ4n) is 3.87. The molecular weight excluding hydrogens is 404 g/mol. The van der Waals surface area contributed by atoms with Crippen LogP contribution in [0.2, 0.25) is 0 Å². The molecule has 0 aliphatic carbocycles. The van der Waals surface area contributed by atoms with Crippen molar-refractivity contribution in [1.29, 1.82) is 5.26 Å². The van der Waals surface area contributed by atoms with E-state index in [0.717, 1.165) is 30.8 Å². The molecule has 0 spiro atoms. The van der Waals surface area contributed by atoms with Crippen LogP contribution in [0.4, 0.5) is 11.5 Å². The first-order valence-corrected chi connectivity index (χ1v) is 10.6. The van der Waals surface area contributed by atoms with E-state index in [1.807, 2.05) is 65.6 Å². The second-order valence-corrected chi connectivity index (χ2v) is 7.74. The molecule has 2 heterocycles. The third kappa shape index (κ3) is 5.02. The number of rotatable bonds is 6. The predicted molar refractivity (Wildman–Crippen MR) is 121 cm³/mol. The monoisotopic (exact) mass is 428 g/mol. The van der Waals surface area contributed by atoms with Gasteiger partial charge in [0.2, 0.25) is 11.8 Å². The van der Waals surface area contributed by atoms with E-state index in [2.05, 4.69) is 21.8 Å². The van der Waals surface area contributed by atoms with Gasteiger partial charge in [0.05, 0.1) is 24.3 Å². The molecule has 1 aliphatic rings. The van der Waals surface area contributed by atoms with E-state index >= 15 is 0 Å². The number of hydrogen-bond donors (Lipinski definition) is 2. The Kier molecular flexibility index (Phi) is 6.58. The highest BCUT2D eigenvalue weighted by Gasteiger charge is 2.27. The molecule has 0 bridgehead atoms. The minimum Gasteiger partial charge on any atom is -0.326 e. The second kappa shape index (κ2) is 9.90. The topological polar surface area (TPSA) is 103 Å². The van der Waals surface area contributed by atoms with Crippen molar-refractivity contribution < 1.29 is 9.59 Å². The van der Waals surface area contributed by atoms with Crippen molar-refractivity contribution in [3.05, 3.63) is 72.4 Å². The van der Waals surface area contributed by atoms with Gasteiger partial charge >= 0.3 is 0 Å². The Morgan fingerprint density at radius 3 is 2.50 bits per heavy atom. The summed E-state index contributed by atoms with van der Waals surface area (Å²) >= 11 is 0. The van der Waals surface area contributed by atoms with Gasteiger partial charge in [-0.1, -0.05) is 36.4 Å². The number of anilines is 2. The van der Waals surface area contributed by atoms with Crippen LogP contribution in [0.25, 0.3) is 5.69 Å². The van der Waals surface area contributed by atoms with Crippen LogP contribution in [0.1, 0.15) is 18.4 Å². The van der Waals surface area contributed by atoms with Crippen molar-refractivity contribution in [2.75, 3.05) is 30.3 Å². The van der Waals surface area contributed by atoms with Gasteiger partial charge in [-0.15, -0.1) is 0 Å². The molecule has 1 atom stereocenters. The number of carbonyl (C=O) groups is 2. The summed E-state index contributed by atoms with van der Waals surface area (Å²) in [4.78, 5) is 27.4. The van der Waals surface area contributed by atoms with E-state index in [9.17, 15) is 14.9 Å². The van der Waals surface area contributed by atoms with Crippen molar-refractivity contribution in [3.8, 4) is 11.8 Å². The average Bonchev–Trinajstić information content (AvgIpc) is 3.22. The molecule has 2 N–H and O–H groups in total. The predicted octanol–water partition coefficient (Wildman–Crippen LogP) is 3.03. The quantitative estimate of drug-likeness (QED) is 0.628. The lowest BCUT2D eigenvalue weighted by Crippen LogP contribution is -2.44. The minimum atomic E-state index is -0.247. The number of likely N-dealkylation sites (tertiary alicyclic amines) is 1. The number of hydrogen-bond acceptors (Lipinski definition) is 5. The Morgan fingerprint density at radius 1 is 1.06 bits per heavy atom. The largest absolute Gasteiger partial charge is 0.326 e. The Balaban J connectivity index is 1.39. The van der Waals surface area contributed by atoms with Gasteiger partial charge in [-0.05, 0) is 43.7 Å². The third-order valence-electron chi connectivity index (χ3n) is 5.43. The van der Waals surface area contributed by atoms with Gasteiger partial charge < -0.3 is 10.6 Å². The van der Waals surface area contributed by atoms with E-state index in [4.69, 9.17) is 0 Å². The van der Waals surface area contributed by atoms with Crippen LogP contribution in [-0.2, 0) is 9.59 Å². The summed E-state index contributed by atoms with van der Waals surface area (Å²) in [6, 6.07) is 20.8. The van der Waals surface area contributed by atoms with E-state index in [0.29, 0.717) is 17.9 Å². The standard InChI is InChI=1S/C24H24N6O2/c25-14-19-15-26-30(21-11-5-2-6-12-21)23(19)28-22(31)17-29-13-7-8-18(16-29)24(32)27-20-9-3-1-4-10-20/h1-6,9-12,15,18H,7-8,13,16-17H2,(H,27,32)(H,28,31). The first-order chi connectivity index (χ1) is 15.6. The number of para-hydroxylation sites is 2. The van der Waals surface area contributed by atoms with Gasteiger partial charge in [0.25, 0.3) is 0 Å². The molecule has 1 fully saturated rings. The van der Waals surface area contributed by atoms with Crippen molar-refractivity contribution in [2.24, 2.45) is 5.92 Å². The lowest BCUT2D eigenvalue weighted by Gasteiger charge is -2.31. The van der Waals surface area contributed by atoms with Crippen LogP contribution >= 0.6 is 0 Å². The molecule has 162 valence electrons. The number of nitrogens with zero attached hydrogens (tertiary/aromatic N) is 4. The van der Waals surface area contributed by atoms with Crippen LogP contribution < -0.4 is 10.6 Å². The summed E-state index contributed by atoms with van der Waals surface area (Å²) in [5.41, 5.74) is 1.81. The lowest BCUT2D eigenvalue weighted by molar-refractivity contribution is -0.123. The molecule has 1 aromatic heterocycles. The van der Waals surface area contributed by atoms with E-state index < -0.39 is 0 Å². The number of piperidine rings is 1. The summed E-state index contributed by atoms with van der Waals surface area (Å²) < 4.78 is 1.54. The highest BCUT2D eigenvalue weighted by Crippen LogP contribution is 2.21. The molecule has 2 aromatic carbocycles. The number of aromatic nitrogens is 2. The average molecular weight is 428 g/mol. The smallest absolute Gasteiger partial charge is 0.239 e. The molecule has 1 saturated heterocycles. The maximum absolute atomic E-state index is 12.8. The molecule has 4 rings (SSSR count). The number of nitriles is 1. The zero-order valence-corrected chi connectivity index (χ0v) is 17.6. The highest BCUT2D eigenvalue weighted by atomic mass is 16.2. The van der Waals surface area contributed by atoms with E-state index in [1.165, 1.54) is 6.20 Å². The molecule has 2 amide bonds. The number of nitrogens with one attached hydrogen (secondary N) is 2. The van der Waals surface area contributed by atoms with Gasteiger partial charge in [-0.3, -0.25) is 14.5 Å². The van der Waals surface area contributed by atoms with Crippen molar-refractivity contribution in [3.63, 3.8) is 0 Å².